The lowest BCUT2D eigenvalue weighted by Gasteiger charge is -2.32. The second-order valence-electron chi connectivity index (χ2n) is 4.95. The fourth-order valence-corrected chi connectivity index (χ4v) is 2.69. The van der Waals surface area contributed by atoms with Gasteiger partial charge in [-0.1, -0.05) is 39.0 Å². The molecule has 1 rings (SSSR count). The molecule has 0 aromatic rings. The van der Waals surface area contributed by atoms with Crippen molar-refractivity contribution in [2.45, 2.75) is 70.4 Å². The molecule has 0 aliphatic heterocycles. The lowest BCUT2D eigenvalue weighted by molar-refractivity contribution is -0.144. The van der Waals surface area contributed by atoms with Crippen LogP contribution in [0, 0.1) is 0 Å². The van der Waals surface area contributed by atoms with Crippen LogP contribution >= 0.6 is 0 Å². The summed E-state index contributed by atoms with van der Waals surface area (Å²) < 4.78 is 0. The van der Waals surface area contributed by atoms with Crippen molar-refractivity contribution in [2.75, 3.05) is 7.05 Å². The predicted molar refractivity (Wildman–Crippen MR) is 65.6 cm³/mol. The Morgan fingerprint density at radius 3 is 2.31 bits per heavy atom. The van der Waals surface area contributed by atoms with Gasteiger partial charge in [0.15, 0.2) is 0 Å². The molecule has 16 heavy (non-hydrogen) atoms. The Hall–Kier alpha value is -0.570. The summed E-state index contributed by atoms with van der Waals surface area (Å²) in [6, 6.07) is 0.197. The van der Waals surface area contributed by atoms with E-state index in [0.29, 0.717) is 6.04 Å². The average Bonchev–Trinajstić information content (AvgIpc) is 2.53. The van der Waals surface area contributed by atoms with E-state index in [4.69, 9.17) is 0 Å². The van der Waals surface area contributed by atoms with Gasteiger partial charge in [0.1, 0.15) is 6.04 Å². The van der Waals surface area contributed by atoms with Gasteiger partial charge in [-0.15, -0.1) is 0 Å². The highest BCUT2D eigenvalue weighted by molar-refractivity contribution is 5.73. The van der Waals surface area contributed by atoms with E-state index in [9.17, 15) is 9.90 Å². The fraction of sp³-hybridized carbons (Fsp3) is 0.923. The van der Waals surface area contributed by atoms with Gasteiger partial charge in [-0.3, -0.25) is 9.69 Å². The van der Waals surface area contributed by atoms with Gasteiger partial charge in [-0.05, 0) is 26.3 Å². The van der Waals surface area contributed by atoms with Gasteiger partial charge in [-0.25, -0.2) is 0 Å². The van der Waals surface area contributed by atoms with E-state index >= 15 is 0 Å². The molecule has 0 aromatic heterocycles. The summed E-state index contributed by atoms with van der Waals surface area (Å²) in [7, 11) is 1.99. The van der Waals surface area contributed by atoms with Gasteiger partial charge in [0.2, 0.25) is 0 Å². The molecule has 94 valence electrons. The van der Waals surface area contributed by atoms with Crippen LogP contribution in [-0.4, -0.2) is 35.1 Å². The van der Waals surface area contributed by atoms with E-state index in [2.05, 4.69) is 11.8 Å². The maximum atomic E-state index is 11.2. The van der Waals surface area contributed by atoms with Gasteiger partial charge in [0.05, 0.1) is 0 Å². The van der Waals surface area contributed by atoms with Crippen molar-refractivity contribution in [1.82, 2.24) is 4.90 Å². The SMILES string of the molecule is CCCC(C(=O)O)N(C)C1CCCCCC1. The van der Waals surface area contributed by atoms with Crippen LogP contribution < -0.4 is 0 Å². The third-order valence-corrected chi connectivity index (χ3v) is 3.74. The second kappa shape index (κ2) is 6.89. The number of aliphatic carboxylic acids is 1. The number of hydrogen-bond acceptors (Lipinski definition) is 2. The molecular formula is C13H25NO2. The Labute approximate surface area is 98.8 Å². The number of carboxylic acids is 1. The normalized spacial score (nSPS) is 20.7. The van der Waals surface area contributed by atoms with Gasteiger partial charge < -0.3 is 5.11 Å². The number of hydrogen-bond donors (Lipinski definition) is 1. The van der Waals surface area contributed by atoms with Crippen molar-refractivity contribution in [3.63, 3.8) is 0 Å². The summed E-state index contributed by atoms with van der Waals surface area (Å²) >= 11 is 0. The van der Waals surface area contributed by atoms with E-state index < -0.39 is 5.97 Å². The zero-order valence-corrected chi connectivity index (χ0v) is 10.6. The lowest BCUT2D eigenvalue weighted by atomic mass is 10.0. The Morgan fingerprint density at radius 1 is 1.31 bits per heavy atom. The minimum absolute atomic E-state index is 0.284. The molecule has 1 aliphatic carbocycles. The first-order valence-corrected chi connectivity index (χ1v) is 6.61. The number of likely N-dealkylation sites (N-methyl/N-ethyl adjacent to an activating group) is 1. The van der Waals surface area contributed by atoms with Gasteiger partial charge in [0.25, 0.3) is 0 Å². The Kier molecular flexibility index (Phi) is 5.81. The molecule has 0 radical (unpaired) electrons. The zero-order chi connectivity index (χ0) is 12.0. The van der Waals surface area contributed by atoms with Gasteiger partial charge in [-0.2, -0.15) is 0 Å². The van der Waals surface area contributed by atoms with Crippen LogP contribution in [0.1, 0.15) is 58.3 Å². The summed E-state index contributed by atoms with van der Waals surface area (Å²) in [5, 5.41) is 9.23. The minimum Gasteiger partial charge on any atom is -0.480 e. The highest BCUT2D eigenvalue weighted by Gasteiger charge is 2.27. The van der Waals surface area contributed by atoms with Crippen LogP contribution in [0.5, 0.6) is 0 Å². The summed E-state index contributed by atoms with van der Waals surface area (Å²) in [6.07, 6.45) is 9.19. The standard InChI is InChI=1S/C13H25NO2/c1-3-8-12(13(15)16)14(2)11-9-6-4-5-7-10-11/h11-12H,3-10H2,1-2H3,(H,15,16). The molecule has 1 N–H and O–H groups in total. The molecule has 1 unspecified atom stereocenters. The largest absolute Gasteiger partial charge is 0.480 e. The molecule has 0 saturated heterocycles. The molecular weight excluding hydrogens is 202 g/mol. The van der Waals surface area contributed by atoms with E-state index in [1.807, 2.05) is 7.05 Å². The third kappa shape index (κ3) is 3.78. The number of rotatable bonds is 5. The topological polar surface area (TPSA) is 40.5 Å². The molecule has 0 heterocycles. The summed E-state index contributed by atoms with van der Waals surface area (Å²) in [6.45, 7) is 2.05. The van der Waals surface area contributed by atoms with Crippen molar-refractivity contribution >= 4 is 5.97 Å². The molecule has 1 atom stereocenters. The molecule has 3 nitrogen and oxygen atoms in total. The van der Waals surface area contributed by atoms with Gasteiger partial charge >= 0.3 is 5.97 Å². The molecule has 1 aliphatic rings. The van der Waals surface area contributed by atoms with Crippen molar-refractivity contribution in [2.24, 2.45) is 0 Å². The van der Waals surface area contributed by atoms with Gasteiger partial charge in [0, 0.05) is 6.04 Å². The molecule has 1 saturated carbocycles. The first kappa shape index (κ1) is 13.5. The van der Waals surface area contributed by atoms with Crippen molar-refractivity contribution in [3.05, 3.63) is 0 Å². The summed E-state index contributed by atoms with van der Waals surface area (Å²) in [5.41, 5.74) is 0. The number of nitrogens with zero attached hydrogens (tertiary/aromatic N) is 1. The number of carboxylic acid groups (broad SMARTS) is 1. The molecule has 3 heteroatoms. The Morgan fingerprint density at radius 2 is 1.88 bits per heavy atom. The van der Waals surface area contributed by atoms with Crippen LogP contribution in [0.2, 0.25) is 0 Å². The maximum Gasteiger partial charge on any atom is 0.320 e. The molecule has 0 aromatic carbocycles. The van der Waals surface area contributed by atoms with E-state index in [-0.39, 0.29) is 6.04 Å². The predicted octanol–water partition coefficient (Wildman–Crippen LogP) is 2.89. The highest BCUT2D eigenvalue weighted by atomic mass is 16.4. The molecule has 0 bridgehead atoms. The van der Waals surface area contributed by atoms with Crippen LogP contribution in [0.15, 0.2) is 0 Å². The van der Waals surface area contributed by atoms with Crippen molar-refractivity contribution < 1.29 is 9.90 Å². The van der Waals surface area contributed by atoms with Crippen LogP contribution in [0.3, 0.4) is 0 Å². The third-order valence-electron chi connectivity index (χ3n) is 3.74. The minimum atomic E-state index is -0.659. The first-order valence-electron chi connectivity index (χ1n) is 6.61. The van der Waals surface area contributed by atoms with Crippen LogP contribution in [-0.2, 0) is 4.79 Å². The summed E-state index contributed by atoms with van der Waals surface area (Å²) in [5.74, 6) is -0.659. The average molecular weight is 227 g/mol. The maximum absolute atomic E-state index is 11.2. The number of carbonyl (C=O) groups is 1. The lowest BCUT2D eigenvalue weighted by Crippen LogP contribution is -2.44. The van der Waals surface area contributed by atoms with E-state index in [0.717, 1.165) is 12.8 Å². The monoisotopic (exact) mass is 227 g/mol. The Balaban J connectivity index is 2.56. The quantitative estimate of drug-likeness (QED) is 0.734. The Bertz CT molecular complexity index is 210. The highest BCUT2D eigenvalue weighted by Crippen LogP contribution is 2.23. The first-order chi connectivity index (χ1) is 7.66. The van der Waals surface area contributed by atoms with Crippen molar-refractivity contribution in [3.8, 4) is 0 Å². The van der Waals surface area contributed by atoms with Crippen LogP contribution in [0.25, 0.3) is 0 Å². The second-order valence-corrected chi connectivity index (χ2v) is 4.95. The smallest absolute Gasteiger partial charge is 0.320 e. The molecule has 0 spiro atoms. The summed E-state index contributed by atoms with van der Waals surface area (Å²) in [4.78, 5) is 13.3. The van der Waals surface area contributed by atoms with E-state index in [1.54, 1.807) is 0 Å². The van der Waals surface area contributed by atoms with E-state index in [1.165, 1.54) is 38.5 Å². The fourth-order valence-electron chi connectivity index (χ4n) is 2.69. The zero-order valence-electron chi connectivity index (χ0n) is 10.6. The van der Waals surface area contributed by atoms with Crippen LogP contribution in [0.4, 0.5) is 0 Å². The molecule has 1 fully saturated rings. The van der Waals surface area contributed by atoms with Crippen molar-refractivity contribution in [1.29, 1.82) is 0 Å². The molecule has 0 amide bonds.